The smallest absolute Gasteiger partial charge is 0.266 e. The van der Waals surface area contributed by atoms with Gasteiger partial charge < -0.3 is 14.6 Å². The summed E-state index contributed by atoms with van der Waals surface area (Å²) in [6.45, 7) is 1.69. The fraction of sp³-hybridized carbons (Fsp3) is 0.120. The number of benzene rings is 3. The largest absolute Gasteiger partial charge is 0.481 e. The molecule has 0 radical (unpaired) electrons. The molecule has 0 aliphatic heterocycles. The summed E-state index contributed by atoms with van der Waals surface area (Å²) < 4.78 is 20.8. The molecule has 0 aliphatic rings. The fourth-order valence-electron chi connectivity index (χ4n) is 3.23. The first kappa shape index (κ1) is 20.3. The number of nitrogens with zero attached hydrogens (tertiary/aromatic N) is 2. The third-order valence-electron chi connectivity index (χ3n) is 4.94. The molecule has 0 bridgehead atoms. The van der Waals surface area contributed by atoms with E-state index in [1.165, 1.54) is 12.1 Å². The van der Waals surface area contributed by atoms with Gasteiger partial charge in [0, 0.05) is 12.6 Å². The zero-order chi connectivity index (χ0) is 21.8. The fourth-order valence-corrected chi connectivity index (χ4v) is 3.23. The number of anilines is 1. The number of aryl methyl sites for hydroxylation is 1. The van der Waals surface area contributed by atoms with Crippen LogP contribution in [0, 0.1) is 5.82 Å². The van der Waals surface area contributed by atoms with E-state index in [-0.39, 0.29) is 11.7 Å². The summed E-state index contributed by atoms with van der Waals surface area (Å²) in [5, 5.41) is 2.87. The number of halogens is 1. The van der Waals surface area contributed by atoms with Gasteiger partial charge in [-0.1, -0.05) is 42.5 Å². The van der Waals surface area contributed by atoms with Crippen LogP contribution in [-0.4, -0.2) is 21.6 Å². The molecule has 1 amide bonds. The van der Waals surface area contributed by atoms with Gasteiger partial charge in [-0.3, -0.25) is 4.79 Å². The lowest BCUT2D eigenvalue weighted by Crippen LogP contribution is -2.31. The minimum atomic E-state index is -0.724. The van der Waals surface area contributed by atoms with Crippen LogP contribution in [0.1, 0.15) is 6.92 Å². The Hall–Kier alpha value is -3.93. The second-order valence-corrected chi connectivity index (χ2v) is 7.20. The number of amides is 1. The van der Waals surface area contributed by atoms with Crippen molar-refractivity contribution in [1.29, 1.82) is 0 Å². The number of nitrogens with one attached hydrogen (secondary N) is 1. The molecule has 1 N–H and O–H groups in total. The number of hydrogen-bond donors (Lipinski definition) is 1. The summed E-state index contributed by atoms with van der Waals surface area (Å²) in [5.41, 5.74) is 3.46. The van der Waals surface area contributed by atoms with Crippen molar-refractivity contribution in [3.05, 3.63) is 91.0 Å². The Morgan fingerprint density at radius 3 is 2.23 bits per heavy atom. The van der Waals surface area contributed by atoms with E-state index in [0.717, 1.165) is 11.1 Å². The molecule has 0 aliphatic carbocycles. The van der Waals surface area contributed by atoms with Gasteiger partial charge >= 0.3 is 0 Å². The molecule has 0 saturated heterocycles. The van der Waals surface area contributed by atoms with Crippen molar-refractivity contribution in [2.45, 2.75) is 13.0 Å². The second-order valence-electron chi connectivity index (χ2n) is 7.20. The molecule has 1 aromatic heterocycles. The van der Waals surface area contributed by atoms with Crippen LogP contribution < -0.4 is 10.1 Å². The van der Waals surface area contributed by atoms with Crippen LogP contribution in [0.4, 0.5) is 10.2 Å². The highest BCUT2D eigenvalue weighted by atomic mass is 19.1. The number of imidazole rings is 1. The molecular formula is C25H22FN3O2. The third-order valence-corrected chi connectivity index (χ3v) is 4.94. The molecule has 156 valence electrons. The molecule has 31 heavy (non-hydrogen) atoms. The van der Waals surface area contributed by atoms with Crippen LogP contribution in [0.25, 0.3) is 22.4 Å². The van der Waals surface area contributed by atoms with Crippen LogP contribution >= 0.6 is 0 Å². The lowest BCUT2D eigenvalue weighted by atomic mass is 10.1. The quantitative estimate of drug-likeness (QED) is 0.465. The van der Waals surface area contributed by atoms with Crippen molar-refractivity contribution in [2.75, 3.05) is 5.32 Å². The average Bonchev–Trinajstić information content (AvgIpc) is 3.15. The van der Waals surface area contributed by atoms with Gasteiger partial charge in [-0.25, -0.2) is 9.37 Å². The third kappa shape index (κ3) is 4.64. The summed E-state index contributed by atoms with van der Waals surface area (Å²) in [7, 11) is 1.78. The average molecular weight is 415 g/mol. The number of carbonyl (C=O) groups is 1. The molecule has 3 aromatic carbocycles. The number of rotatable bonds is 6. The molecule has 5 nitrogen and oxygen atoms in total. The Morgan fingerprint density at radius 2 is 1.55 bits per heavy atom. The Balaban J connectivity index is 1.45. The van der Waals surface area contributed by atoms with E-state index in [4.69, 9.17) is 4.74 Å². The first-order valence-corrected chi connectivity index (χ1v) is 9.91. The van der Waals surface area contributed by atoms with Crippen LogP contribution in [0.2, 0.25) is 0 Å². The molecule has 0 spiro atoms. The van der Waals surface area contributed by atoms with Crippen molar-refractivity contribution < 1.29 is 13.9 Å². The van der Waals surface area contributed by atoms with Crippen molar-refractivity contribution in [3.8, 4) is 28.1 Å². The van der Waals surface area contributed by atoms with Crippen molar-refractivity contribution in [2.24, 2.45) is 7.05 Å². The molecule has 1 atom stereocenters. The Kier molecular flexibility index (Phi) is 5.80. The number of hydrogen-bond acceptors (Lipinski definition) is 3. The molecule has 6 heteroatoms. The summed E-state index contributed by atoms with van der Waals surface area (Å²) in [6, 6.07) is 23.6. The maximum absolute atomic E-state index is 13.2. The Morgan fingerprint density at radius 1 is 0.935 bits per heavy atom. The van der Waals surface area contributed by atoms with E-state index in [9.17, 15) is 9.18 Å². The Labute approximate surface area is 180 Å². The van der Waals surface area contributed by atoms with Gasteiger partial charge in [0.05, 0.1) is 6.33 Å². The van der Waals surface area contributed by atoms with Gasteiger partial charge in [-0.2, -0.15) is 0 Å². The highest BCUT2D eigenvalue weighted by molar-refractivity contribution is 5.96. The topological polar surface area (TPSA) is 56.1 Å². The van der Waals surface area contributed by atoms with Crippen LogP contribution in [0.3, 0.4) is 0 Å². The lowest BCUT2D eigenvalue weighted by molar-refractivity contribution is -0.122. The van der Waals surface area contributed by atoms with E-state index < -0.39 is 6.10 Å². The van der Waals surface area contributed by atoms with Crippen LogP contribution in [0.5, 0.6) is 5.75 Å². The SMILES string of the molecule is C[C@H](Oc1ccc(-c2ccccc2)cc1)C(=O)Nc1c(-c2ccc(F)cc2)ncn1C. The molecule has 0 fully saturated rings. The summed E-state index contributed by atoms with van der Waals surface area (Å²) in [5.74, 6) is 0.488. The van der Waals surface area contributed by atoms with Gasteiger partial charge in [0.25, 0.3) is 5.91 Å². The molecular weight excluding hydrogens is 393 g/mol. The molecule has 0 saturated carbocycles. The maximum atomic E-state index is 13.2. The highest BCUT2D eigenvalue weighted by Crippen LogP contribution is 2.27. The Bertz CT molecular complexity index is 1170. The van der Waals surface area contributed by atoms with Crippen LogP contribution in [0.15, 0.2) is 85.2 Å². The van der Waals surface area contributed by atoms with Gasteiger partial charge in [0.1, 0.15) is 23.1 Å². The highest BCUT2D eigenvalue weighted by Gasteiger charge is 2.19. The first-order chi connectivity index (χ1) is 15.0. The first-order valence-electron chi connectivity index (χ1n) is 9.91. The molecule has 0 unspecified atom stereocenters. The predicted molar refractivity (Wildman–Crippen MR) is 119 cm³/mol. The van der Waals surface area contributed by atoms with Crippen LogP contribution in [-0.2, 0) is 11.8 Å². The molecule has 1 heterocycles. The van der Waals surface area contributed by atoms with Crippen molar-refractivity contribution >= 4 is 11.7 Å². The zero-order valence-electron chi connectivity index (χ0n) is 17.2. The van der Waals surface area contributed by atoms with Gasteiger partial charge in [0.2, 0.25) is 0 Å². The molecule has 4 rings (SSSR count). The number of carbonyl (C=O) groups excluding carboxylic acids is 1. The monoisotopic (exact) mass is 415 g/mol. The standard InChI is InChI=1S/C25H22FN3O2/c1-17(31-22-14-10-19(11-15-22)18-6-4-3-5-7-18)25(30)28-24-23(27-16-29(24)2)20-8-12-21(26)13-9-20/h3-17H,1-2H3,(H,28,30)/t17-/m0/s1. The minimum Gasteiger partial charge on any atom is -0.481 e. The zero-order valence-corrected chi connectivity index (χ0v) is 17.2. The van der Waals surface area contributed by atoms with Crippen molar-refractivity contribution in [1.82, 2.24) is 9.55 Å². The van der Waals surface area contributed by atoms with Gasteiger partial charge in [-0.05, 0) is 54.4 Å². The summed E-state index contributed by atoms with van der Waals surface area (Å²) in [6.07, 6.45) is 0.876. The predicted octanol–water partition coefficient (Wildman–Crippen LogP) is 5.30. The number of aromatic nitrogens is 2. The van der Waals surface area contributed by atoms with Gasteiger partial charge in [0.15, 0.2) is 6.10 Å². The van der Waals surface area contributed by atoms with Gasteiger partial charge in [-0.15, -0.1) is 0 Å². The van der Waals surface area contributed by atoms with E-state index in [0.29, 0.717) is 22.8 Å². The number of ether oxygens (including phenoxy) is 1. The molecule has 4 aromatic rings. The van der Waals surface area contributed by atoms with E-state index in [1.807, 2.05) is 54.6 Å². The minimum absolute atomic E-state index is 0.306. The van der Waals surface area contributed by atoms with E-state index in [2.05, 4.69) is 10.3 Å². The van der Waals surface area contributed by atoms with E-state index in [1.54, 1.807) is 37.0 Å². The van der Waals surface area contributed by atoms with E-state index >= 15 is 0 Å². The maximum Gasteiger partial charge on any atom is 0.266 e. The summed E-state index contributed by atoms with van der Waals surface area (Å²) in [4.78, 5) is 17.1. The van der Waals surface area contributed by atoms with Crippen molar-refractivity contribution in [3.63, 3.8) is 0 Å². The normalized spacial score (nSPS) is 11.7. The second kappa shape index (κ2) is 8.83. The summed E-state index contributed by atoms with van der Waals surface area (Å²) >= 11 is 0. The lowest BCUT2D eigenvalue weighted by Gasteiger charge is -2.16.